The molecule has 0 aromatic carbocycles. The van der Waals surface area contributed by atoms with E-state index in [1.54, 1.807) is 10.9 Å². The number of hydrogen-bond donors (Lipinski definition) is 2. The number of aryl methyl sites for hydroxylation is 1. The van der Waals surface area contributed by atoms with Gasteiger partial charge in [0.1, 0.15) is 11.7 Å². The third-order valence-corrected chi connectivity index (χ3v) is 3.86. The number of rotatable bonds is 4. The maximum Gasteiger partial charge on any atom is 0.233 e. The van der Waals surface area contributed by atoms with Gasteiger partial charge in [0.2, 0.25) is 5.91 Å². The van der Waals surface area contributed by atoms with Crippen LogP contribution in [0.1, 0.15) is 18.7 Å². The van der Waals surface area contributed by atoms with Gasteiger partial charge in [-0.3, -0.25) is 4.79 Å². The van der Waals surface area contributed by atoms with Gasteiger partial charge in [-0.2, -0.15) is 0 Å². The van der Waals surface area contributed by atoms with Crippen LogP contribution in [0.15, 0.2) is 6.33 Å². The van der Waals surface area contributed by atoms with Crippen molar-refractivity contribution in [3.8, 4) is 0 Å². The first kappa shape index (κ1) is 13.9. The average Bonchev–Trinajstić information content (AvgIpc) is 2.82. The van der Waals surface area contributed by atoms with E-state index in [-0.39, 0.29) is 10.9 Å². The van der Waals surface area contributed by atoms with Gasteiger partial charge in [-0.25, -0.2) is 0 Å². The molecule has 8 heteroatoms. The summed E-state index contributed by atoms with van der Waals surface area (Å²) in [6.45, 7) is 1.30. The molecule has 0 saturated carbocycles. The van der Waals surface area contributed by atoms with Gasteiger partial charge >= 0.3 is 0 Å². The van der Waals surface area contributed by atoms with E-state index >= 15 is 0 Å². The monoisotopic (exact) mass is 283 g/mol. The average molecular weight is 283 g/mol. The summed E-state index contributed by atoms with van der Waals surface area (Å²) in [6.07, 6.45) is 2.62. The van der Waals surface area contributed by atoms with Crippen molar-refractivity contribution in [1.29, 1.82) is 0 Å². The van der Waals surface area contributed by atoms with Gasteiger partial charge in [0.05, 0.1) is 11.5 Å². The number of hydrogen-bond acceptors (Lipinski definition) is 5. The van der Waals surface area contributed by atoms with E-state index in [0.717, 1.165) is 0 Å². The quantitative estimate of drug-likeness (QED) is 0.724. The van der Waals surface area contributed by atoms with Crippen LogP contribution >= 0.6 is 12.2 Å². The second kappa shape index (κ2) is 5.62. The highest BCUT2D eigenvalue weighted by atomic mass is 32.1. The van der Waals surface area contributed by atoms with Gasteiger partial charge in [-0.1, -0.05) is 12.2 Å². The zero-order valence-corrected chi connectivity index (χ0v) is 11.6. The van der Waals surface area contributed by atoms with E-state index in [0.29, 0.717) is 38.4 Å². The lowest BCUT2D eigenvalue weighted by Crippen LogP contribution is -2.51. The Hall–Kier alpha value is -1.54. The van der Waals surface area contributed by atoms with Crippen LogP contribution in [0.4, 0.5) is 0 Å². The van der Waals surface area contributed by atoms with Crippen LogP contribution in [0.3, 0.4) is 0 Å². The van der Waals surface area contributed by atoms with E-state index < -0.39 is 5.41 Å². The summed E-state index contributed by atoms with van der Waals surface area (Å²) in [5, 5.41) is 10.5. The van der Waals surface area contributed by atoms with E-state index in [9.17, 15) is 4.79 Å². The molecular weight excluding hydrogens is 266 g/mol. The Morgan fingerprint density at radius 1 is 1.63 bits per heavy atom. The lowest BCUT2D eigenvalue weighted by molar-refractivity contribution is -0.131. The highest BCUT2D eigenvalue weighted by Crippen LogP contribution is 2.31. The number of nitrogens with one attached hydrogen (secondary N) is 1. The summed E-state index contributed by atoms with van der Waals surface area (Å²) >= 11 is 5.07. The SMILES string of the molecule is Cn1cnnc1CNC(=O)C1(C(N)=S)CCOCC1. The molecular formula is C11H17N5O2S. The Labute approximate surface area is 116 Å². The molecule has 2 heterocycles. The number of carbonyl (C=O) groups is 1. The zero-order chi connectivity index (χ0) is 13.9. The zero-order valence-electron chi connectivity index (χ0n) is 10.8. The van der Waals surface area contributed by atoms with Gasteiger partial charge < -0.3 is 20.4 Å². The van der Waals surface area contributed by atoms with Crippen LogP contribution < -0.4 is 11.1 Å². The highest BCUT2D eigenvalue weighted by molar-refractivity contribution is 7.80. The van der Waals surface area contributed by atoms with Gasteiger partial charge in [0, 0.05) is 20.3 Å². The van der Waals surface area contributed by atoms with Gasteiger partial charge in [0.15, 0.2) is 5.82 Å². The molecule has 0 bridgehead atoms. The van der Waals surface area contributed by atoms with Crippen LogP contribution in [0.5, 0.6) is 0 Å². The minimum atomic E-state index is -0.799. The van der Waals surface area contributed by atoms with Gasteiger partial charge in [0.25, 0.3) is 0 Å². The second-order valence-electron chi connectivity index (χ2n) is 4.60. The number of aromatic nitrogens is 3. The number of nitrogens with two attached hydrogens (primary N) is 1. The van der Waals surface area contributed by atoms with Gasteiger partial charge in [-0.15, -0.1) is 10.2 Å². The fourth-order valence-electron chi connectivity index (χ4n) is 2.10. The van der Waals surface area contributed by atoms with Crippen LogP contribution in [0.2, 0.25) is 0 Å². The Morgan fingerprint density at radius 3 is 2.84 bits per heavy atom. The van der Waals surface area contributed by atoms with Gasteiger partial charge in [-0.05, 0) is 12.8 Å². The smallest absolute Gasteiger partial charge is 0.233 e. The molecule has 3 N–H and O–H groups in total. The molecule has 0 spiro atoms. The number of carbonyl (C=O) groups excluding carboxylic acids is 1. The highest BCUT2D eigenvalue weighted by Gasteiger charge is 2.42. The molecule has 7 nitrogen and oxygen atoms in total. The van der Waals surface area contributed by atoms with E-state index in [2.05, 4.69) is 15.5 Å². The van der Waals surface area contributed by atoms with Crippen molar-refractivity contribution in [2.75, 3.05) is 13.2 Å². The Bertz CT molecular complexity index is 481. The summed E-state index contributed by atoms with van der Waals surface area (Å²) in [5.41, 5.74) is 4.96. The fourth-order valence-corrected chi connectivity index (χ4v) is 2.40. The van der Waals surface area contributed by atoms with E-state index in [1.165, 1.54) is 0 Å². The molecule has 0 atom stereocenters. The van der Waals surface area contributed by atoms with Crippen molar-refractivity contribution in [1.82, 2.24) is 20.1 Å². The minimum absolute atomic E-state index is 0.161. The van der Waals surface area contributed by atoms with Crippen molar-refractivity contribution in [3.63, 3.8) is 0 Å². The number of ether oxygens (including phenoxy) is 1. The molecule has 1 aliphatic rings. The molecule has 2 rings (SSSR count). The molecule has 19 heavy (non-hydrogen) atoms. The summed E-state index contributed by atoms with van der Waals surface area (Å²) in [7, 11) is 1.82. The minimum Gasteiger partial charge on any atom is -0.392 e. The van der Waals surface area contributed by atoms with Crippen LogP contribution in [0.25, 0.3) is 0 Å². The summed E-state index contributed by atoms with van der Waals surface area (Å²) in [4.78, 5) is 12.6. The molecule has 1 aliphatic heterocycles. The molecule has 0 unspecified atom stereocenters. The molecule has 1 aromatic rings. The number of thiocarbonyl (C=S) groups is 1. The second-order valence-corrected chi connectivity index (χ2v) is 5.04. The molecule has 1 fully saturated rings. The third kappa shape index (κ3) is 2.74. The van der Waals surface area contributed by atoms with Crippen LogP contribution in [-0.2, 0) is 23.1 Å². The Kier molecular flexibility index (Phi) is 4.11. The molecule has 104 valence electrons. The molecule has 0 aliphatic carbocycles. The molecule has 1 saturated heterocycles. The van der Waals surface area contributed by atoms with Crippen molar-refractivity contribution in [3.05, 3.63) is 12.2 Å². The lowest BCUT2D eigenvalue weighted by Gasteiger charge is -2.34. The summed E-state index contributed by atoms with van der Waals surface area (Å²) in [6, 6.07) is 0. The van der Waals surface area contributed by atoms with E-state index in [1.807, 2.05) is 7.05 Å². The Balaban J connectivity index is 2.04. The first-order valence-corrected chi connectivity index (χ1v) is 6.46. The van der Waals surface area contributed by atoms with Crippen molar-refractivity contribution < 1.29 is 9.53 Å². The summed E-state index contributed by atoms with van der Waals surface area (Å²) < 4.78 is 7.02. The topological polar surface area (TPSA) is 95.1 Å². The lowest BCUT2D eigenvalue weighted by atomic mass is 9.79. The first-order valence-electron chi connectivity index (χ1n) is 6.05. The molecule has 1 amide bonds. The normalized spacial score (nSPS) is 17.9. The predicted molar refractivity (Wildman–Crippen MR) is 72.1 cm³/mol. The van der Waals surface area contributed by atoms with E-state index in [4.69, 9.17) is 22.7 Å². The van der Waals surface area contributed by atoms with Crippen molar-refractivity contribution >= 4 is 23.1 Å². The first-order chi connectivity index (χ1) is 9.06. The Morgan fingerprint density at radius 2 is 2.32 bits per heavy atom. The molecule has 1 aromatic heterocycles. The fraction of sp³-hybridized carbons (Fsp3) is 0.636. The molecule has 0 radical (unpaired) electrons. The standard InChI is InChI=1S/C11H17N5O2S/c1-16-7-14-15-8(16)6-13-10(17)11(9(12)19)2-4-18-5-3-11/h7H,2-6H2,1H3,(H2,12,19)(H,13,17). The van der Waals surface area contributed by atoms with Crippen molar-refractivity contribution in [2.45, 2.75) is 19.4 Å². The van der Waals surface area contributed by atoms with Crippen LogP contribution in [0, 0.1) is 5.41 Å². The summed E-state index contributed by atoms with van der Waals surface area (Å²) in [5.74, 6) is 0.518. The van der Waals surface area contributed by atoms with Crippen LogP contribution in [-0.4, -0.2) is 38.9 Å². The number of nitrogens with zero attached hydrogens (tertiary/aromatic N) is 3. The number of amides is 1. The predicted octanol–water partition coefficient (Wildman–Crippen LogP) is -0.486. The third-order valence-electron chi connectivity index (χ3n) is 3.46. The maximum atomic E-state index is 12.4. The largest absolute Gasteiger partial charge is 0.392 e. The maximum absolute atomic E-state index is 12.4. The van der Waals surface area contributed by atoms with Crippen molar-refractivity contribution in [2.24, 2.45) is 18.2 Å².